The van der Waals surface area contributed by atoms with Crippen LogP contribution in [0.2, 0.25) is 0 Å². The van der Waals surface area contributed by atoms with Gasteiger partial charge in [0.2, 0.25) is 0 Å². The first kappa shape index (κ1) is 15.8. The van der Waals surface area contributed by atoms with Crippen LogP contribution in [0, 0.1) is 5.82 Å². The van der Waals surface area contributed by atoms with Gasteiger partial charge in [0.25, 0.3) is 0 Å². The fraction of sp³-hybridized carbons (Fsp3) is 0.294. The molecule has 112 valence electrons. The molecule has 0 radical (unpaired) electrons. The van der Waals surface area contributed by atoms with E-state index < -0.39 is 0 Å². The molecule has 0 aliphatic heterocycles. The van der Waals surface area contributed by atoms with Gasteiger partial charge in [-0.05, 0) is 71.6 Å². The third-order valence-electron chi connectivity index (χ3n) is 3.36. The molecule has 1 atom stereocenters. The molecular formula is C17H19BrFNO. The van der Waals surface area contributed by atoms with Gasteiger partial charge in [-0.15, -0.1) is 0 Å². The standard InChI is InChI=1S/C17H19BrFNO/c1-12(20-14-7-10-17(19)16(18)11-14)3-4-13-5-8-15(21-2)9-6-13/h5-12,20H,3-4H2,1-2H3. The van der Waals surface area contributed by atoms with Crippen molar-refractivity contribution in [1.29, 1.82) is 0 Å². The zero-order chi connectivity index (χ0) is 15.2. The summed E-state index contributed by atoms with van der Waals surface area (Å²) in [5.74, 6) is 0.632. The number of nitrogens with one attached hydrogen (secondary N) is 1. The van der Waals surface area contributed by atoms with E-state index in [0.29, 0.717) is 10.5 Å². The molecule has 0 spiro atoms. The minimum Gasteiger partial charge on any atom is -0.497 e. The van der Waals surface area contributed by atoms with Crippen LogP contribution < -0.4 is 10.1 Å². The summed E-state index contributed by atoms with van der Waals surface area (Å²) in [6.07, 6.45) is 1.99. The highest BCUT2D eigenvalue weighted by molar-refractivity contribution is 9.10. The van der Waals surface area contributed by atoms with E-state index in [1.54, 1.807) is 19.2 Å². The van der Waals surface area contributed by atoms with Gasteiger partial charge in [-0.3, -0.25) is 0 Å². The lowest BCUT2D eigenvalue weighted by molar-refractivity contribution is 0.414. The first-order chi connectivity index (χ1) is 10.1. The SMILES string of the molecule is COc1ccc(CCC(C)Nc2ccc(F)c(Br)c2)cc1. The van der Waals surface area contributed by atoms with Gasteiger partial charge in [-0.1, -0.05) is 12.1 Å². The van der Waals surface area contributed by atoms with Crippen LogP contribution in [0.3, 0.4) is 0 Å². The Kier molecular flexibility index (Phi) is 5.62. The summed E-state index contributed by atoms with van der Waals surface area (Å²) in [5, 5.41) is 3.38. The third kappa shape index (κ3) is 4.74. The average Bonchev–Trinajstić information content (AvgIpc) is 2.49. The van der Waals surface area contributed by atoms with E-state index in [9.17, 15) is 4.39 Å². The van der Waals surface area contributed by atoms with Crippen LogP contribution in [-0.4, -0.2) is 13.2 Å². The first-order valence-corrected chi connectivity index (χ1v) is 7.72. The molecule has 0 saturated carbocycles. The Balaban J connectivity index is 1.86. The number of hydrogen-bond donors (Lipinski definition) is 1. The lowest BCUT2D eigenvalue weighted by atomic mass is 10.1. The zero-order valence-corrected chi connectivity index (χ0v) is 13.8. The van der Waals surface area contributed by atoms with E-state index in [2.05, 4.69) is 40.3 Å². The lowest BCUT2D eigenvalue weighted by Crippen LogP contribution is -2.16. The van der Waals surface area contributed by atoms with E-state index in [4.69, 9.17) is 4.74 Å². The van der Waals surface area contributed by atoms with Gasteiger partial charge in [0, 0.05) is 11.7 Å². The van der Waals surface area contributed by atoms with E-state index in [-0.39, 0.29) is 5.82 Å². The molecule has 0 bridgehead atoms. The highest BCUT2D eigenvalue weighted by Crippen LogP contribution is 2.21. The minimum atomic E-state index is -0.244. The molecule has 21 heavy (non-hydrogen) atoms. The normalized spacial score (nSPS) is 12.0. The smallest absolute Gasteiger partial charge is 0.137 e. The number of hydrogen-bond acceptors (Lipinski definition) is 2. The largest absolute Gasteiger partial charge is 0.497 e. The summed E-state index contributed by atoms with van der Waals surface area (Å²) in [7, 11) is 1.67. The van der Waals surface area contributed by atoms with Crippen LogP contribution in [0.1, 0.15) is 18.9 Å². The van der Waals surface area contributed by atoms with Crippen LogP contribution in [0.5, 0.6) is 5.75 Å². The van der Waals surface area contributed by atoms with Crippen LogP contribution in [0.4, 0.5) is 10.1 Å². The summed E-state index contributed by atoms with van der Waals surface area (Å²) in [5.41, 5.74) is 2.20. The van der Waals surface area contributed by atoms with Gasteiger partial charge in [0.1, 0.15) is 11.6 Å². The molecule has 2 aromatic carbocycles. The number of anilines is 1. The summed E-state index contributed by atoms with van der Waals surface area (Å²) >= 11 is 3.20. The zero-order valence-electron chi connectivity index (χ0n) is 12.2. The van der Waals surface area contributed by atoms with Crippen molar-refractivity contribution < 1.29 is 9.13 Å². The Labute approximate surface area is 133 Å². The van der Waals surface area contributed by atoms with E-state index in [1.165, 1.54) is 11.6 Å². The predicted octanol–water partition coefficient (Wildman–Crippen LogP) is 5.03. The fourth-order valence-corrected chi connectivity index (χ4v) is 2.50. The maximum absolute atomic E-state index is 13.2. The second-order valence-electron chi connectivity index (χ2n) is 5.06. The van der Waals surface area contributed by atoms with Crippen molar-refractivity contribution in [1.82, 2.24) is 0 Å². The van der Waals surface area contributed by atoms with Crippen molar-refractivity contribution in [2.45, 2.75) is 25.8 Å². The van der Waals surface area contributed by atoms with Gasteiger partial charge in [-0.2, -0.15) is 0 Å². The van der Waals surface area contributed by atoms with Crippen molar-refractivity contribution in [3.63, 3.8) is 0 Å². The molecule has 0 fully saturated rings. The monoisotopic (exact) mass is 351 g/mol. The predicted molar refractivity (Wildman–Crippen MR) is 88.5 cm³/mol. The van der Waals surface area contributed by atoms with Gasteiger partial charge >= 0.3 is 0 Å². The Bertz CT molecular complexity index is 586. The minimum absolute atomic E-state index is 0.244. The van der Waals surface area contributed by atoms with Crippen molar-refractivity contribution in [3.8, 4) is 5.75 Å². The van der Waals surface area contributed by atoms with E-state index in [0.717, 1.165) is 24.3 Å². The Morgan fingerprint density at radius 1 is 1.19 bits per heavy atom. The number of halogens is 2. The molecule has 2 nitrogen and oxygen atoms in total. The summed E-state index contributed by atoms with van der Waals surface area (Å²) in [6.45, 7) is 2.13. The Hall–Kier alpha value is -1.55. The van der Waals surface area contributed by atoms with E-state index in [1.807, 2.05) is 12.1 Å². The van der Waals surface area contributed by atoms with Crippen LogP contribution >= 0.6 is 15.9 Å². The topological polar surface area (TPSA) is 21.3 Å². The highest BCUT2D eigenvalue weighted by Gasteiger charge is 2.05. The number of ether oxygens (including phenoxy) is 1. The maximum Gasteiger partial charge on any atom is 0.137 e. The number of methoxy groups -OCH3 is 1. The molecule has 2 aromatic rings. The molecule has 0 heterocycles. The molecule has 1 unspecified atom stereocenters. The quantitative estimate of drug-likeness (QED) is 0.787. The molecule has 0 aliphatic carbocycles. The van der Waals surface area contributed by atoms with Gasteiger partial charge in [0.15, 0.2) is 0 Å². The van der Waals surface area contributed by atoms with Gasteiger partial charge in [0.05, 0.1) is 11.6 Å². The molecule has 1 N–H and O–H groups in total. The summed E-state index contributed by atoms with van der Waals surface area (Å²) < 4.78 is 18.8. The molecule has 4 heteroatoms. The molecule has 0 amide bonds. The summed E-state index contributed by atoms with van der Waals surface area (Å²) in [4.78, 5) is 0. The van der Waals surface area contributed by atoms with Crippen molar-refractivity contribution in [2.75, 3.05) is 12.4 Å². The van der Waals surface area contributed by atoms with Gasteiger partial charge < -0.3 is 10.1 Å². The van der Waals surface area contributed by atoms with Crippen molar-refractivity contribution in [3.05, 3.63) is 58.3 Å². The lowest BCUT2D eigenvalue weighted by Gasteiger charge is -2.15. The second kappa shape index (κ2) is 7.46. The van der Waals surface area contributed by atoms with Gasteiger partial charge in [-0.25, -0.2) is 4.39 Å². The molecule has 0 aromatic heterocycles. The average molecular weight is 352 g/mol. The first-order valence-electron chi connectivity index (χ1n) is 6.93. The summed E-state index contributed by atoms with van der Waals surface area (Å²) in [6, 6.07) is 13.4. The molecule has 2 rings (SSSR count). The molecule has 0 saturated heterocycles. The molecule has 0 aliphatic rings. The van der Waals surface area contributed by atoms with Crippen LogP contribution in [0.25, 0.3) is 0 Å². The molecular weight excluding hydrogens is 333 g/mol. The number of rotatable bonds is 6. The van der Waals surface area contributed by atoms with Crippen LogP contribution in [-0.2, 0) is 6.42 Å². The highest BCUT2D eigenvalue weighted by atomic mass is 79.9. The number of aryl methyl sites for hydroxylation is 1. The van der Waals surface area contributed by atoms with E-state index >= 15 is 0 Å². The number of benzene rings is 2. The van der Waals surface area contributed by atoms with Crippen molar-refractivity contribution in [2.24, 2.45) is 0 Å². The maximum atomic E-state index is 13.2. The van der Waals surface area contributed by atoms with Crippen LogP contribution in [0.15, 0.2) is 46.9 Å². The third-order valence-corrected chi connectivity index (χ3v) is 3.97. The Morgan fingerprint density at radius 2 is 1.90 bits per heavy atom. The Morgan fingerprint density at radius 3 is 2.52 bits per heavy atom. The fourth-order valence-electron chi connectivity index (χ4n) is 2.12. The second-order valence-corrected chi connectivity index (χ2v) is 5.92. The van der Waals surface area contributed by atoms with Crippen molar-refractivity contribution >= 4 is 21.6 Å².